The number of nitrogens with zero attached hydrogens (tertiary/aromatic N) is 1. The molecule has 2 aliphatic rings. The lowest BCUT2D eigenvalue weighted by Crippen LogP contribution is -2.31. The van der Waals surface area contributed by atoms with Gasteiger partial charge in [0, 0.05) is 0 Å². The molecule has 2 fully saturated rings. The van der Waals surface area contributed by atoms with Crippen LogP contribution in [0.4, 0.5) is 0 Å². The van der Waals surface area contributed by atoms with Gasteiger partial charge in [-0.2, -0.15) is 5.26 Å². The van der Waals surface area contributed by atoms with E-state index in [1.54, 1.807) is 0 Å². The number of rotatable bonds is 3. The Morgan fingerprint density at radius 2 is 2.20 bits per heavy atom. The van der Waals surface area contributed by atoms with E-state index in [4.69, 9.17) is 5.26 Å². The third-order valence-electron chi connectivity index (χ3n) is 2.39. The molecule has 0 spiro atoms. The first-order valence-electron chi connectivity index (χ1n) is 4.01. The molecule has 0 unspecified atom stereocenters. The topological polar surface area (TPSA) is 35.8 Å². The number of nitriles is 1. The van der Waals surface area contributed by atoms with Crippen LogP contribution in [0.5, 0.6) is 0 Å². The molecule has 0 aromatic heterocycles. The minimum Gasteiger partial charge on any atom is -0.299 e. The Morgan fingerprint density at radius 3 is 2.60 bits per heavy atom. The van der Waals surface area contributed by atoms with E-state index in [-0.39, 0.29) is 5.54 Å². The van der Waals surface area contributed by atoms with Gasteiger partial charge >= 0.3 is 0 Å². The van der Waals surface area contributed by atoms with E-state index < -0.39 is 0 Å². The van der Waals surface area contributed by atoms with Gasteiger partial charge in [0.25, 0.3) is 0 Å². The number of hydrogen-bond donors (Lipinski definition) is 1. The highest BCUT2D eigenvalue weighted by Crippen LogP contribution is 2.36. The molecule has 0 aromatic carbocycles. The van der Waals surface area contributed by atoms with E-state index in [1.807, 2.05) is 0 Å². The minimum absolute atomic E-state index is 0.0808. The van der Waals surface area contributed by atoms with Crippen LogP contribution in [-0.2, 0) is 0 Å². The molecule has 0 aliphatic heterocycles. The lowest BCUT2D eigenvalue weighted by Gasteiger charge is -2.06. The van der Waals surface area contributed by atoms with Crippen LogP contribution in [-0.4, -0.2) is 12.1 Å². The van der Waals surface area contributed by atoms with E-state index in [2.05, 4.69) is 11.4 Å². The Bertz CT molecular complexity index is 172. The van der Waals surface area contributed by atoms with Gasteiger partial charge in [0.15, 0.2) is 0 Å². The number of hydrogen-bond acceptors (Lipinski definition) is 2. The van der Waals surface area contributed by atoms with Crippen LogP contribution in [0.1, 0.15) is 25.7 Å². The van der Waals surface area contributed by atoms with Crippen molar-refractivity contribution in [3.8, 4) is 6.07 Å². The van der Waals surface area contributed by atoms with Gasteiger partial charge < -0.3 is 0 Å². The molecule has 0 atom stereocenters. The summed E-state index contributed by atoms with van der Waals surface area (Å²) >= 11 is 0. The monoisotopic (exact) mass is 136 g/mol. The average molecular weight is 136 g/mol. The molecule has 2 heteroatoms. The van der Waals surface area contributed by atoms with Gasteiger partial charge in [-0.15, -0.1) is 0 Å². The van der Waals surface area contributed by atoms with Crippen molar-refractivity contribution < 1.29 is 0 Å². The van der Waals surface area contributed by atoms with Gasteiger partial charge in [-0.1, -0.05) is 0 Å². The first-order chi connectivity index (χ1) is 4.85. The molecule has 0 aromatic rings. The standard InChI is InChI=1S/C8H12N2/c9-6-8(3-4-8)10-5-7-1-2-7/h7,10H,1-5H2. The summed E-state index contributed by atoms with van der Waals surface area (Å²) in [5, 5.41) is 12.0. The second-order valence-corrected chi connectivity index (χ2v) is 3.52. The summed E-state index contributed by atoms with van der Waals surface area (Å²) in [6, 6.07) is 2.32. The highest BCUT2D eigenvalue weighted by atomic mass is 15.0. The lowest BCUT2D eigenvalue weighted by atomic mass is 10.3. The quantitative estimate of drug-likeness (QED) is 0.629. The van der Waals surface area contributed by atoms with Crippen LogP contribution in [0, 0.1) is 17.2 Å². The largest absolute Gasteiger partial charge is 0.299 e. The van der Waals surface area contributed by atoms with Gasteiger partial charge in [0.2, 0.25) is 0 Å². The van der Waals surface area contributed by atoms with Crippen LogP contribution >= 0.6 is 0 Å². The minimum atomic E-state index is -0.0808. The zero-order valence-electron chi connectivity index (χ0n) is 6.06. The van der Waals surface area contributed by atoms with E-state index >= 15 is 0 Å². The third-order valence-corrected chi connectivity index (χ3v) is 2.39. The van der Waals surface area contributed by atoms with E-state index in [1.165, 1.54) is 12.8 Å². The predicted molar refractivity (Wildman–Crippen MR) is 38.3 cm³/mol. The Kier molecular flexibility index (Phi) is 1.21. The summed E-state index contributed by atoms with van der Waals surface area (Å²) < 4.78 is 0. The highest BCUT2D eigenvalue weighted by molar-refractivity contribution is 5.18. The van der Waals surface area contributed by atoms with Crippen molar-refractivity contribution in [2.75, 3.05) is 6.54 Å². The van der Waals surface area contributed by atoms with Crippen LogP contribution in [0.25, 0.3) is 0 Å². The maximum Gasteiger partial charge on any atom is 0.106 e. The maximum atomic E-state index is 8.68. The Morgan fingerprint density at radius 1 is 1.50 bits per heavy atom. The van der Waals surface area contributed by atoms with Gasteiger partial charge in [-0.3, -0.25) is 5.32 Å². The van der Waals surface area contributed by atoms with Crippen molar-refractivity contribution in [2.24, 2.45) is 5.92 Å². The van der Waals surface area contributed by atoms with Crippen molar-refractivity contribution in [1.29, 1.82) is 5.26 Å². The molecule has 2 aliphatic carbocycles. The van der Waals surface area contributed by atoms with E-state index in [9.17, 15) is 0 Å². The zero-order chi connectivity index (χ0) is 7.03. The van der Waals surface area contributed by atoms with Crippen LogP contribution in [0.15, 0.2) is 0 Å². The molecule has 2 rings (SSSR count). The molecule has 0 radical (unpaired) electrons. The Balaban J connectivity index is 1.74. The number of nitrogens with one attached hydrogen (secondary N) is 1. The molecule has 0 heterocycles. The van der Waals surface area contributed by atoms with Crippen molar-refractivity contribution in [3.63, 3.8) is 0 Å². The lowest BCUT2D eigenvalue weighted by molar-refractivity contribution is 0.566. The van der Waals surface area contributed by atoms with Gasteiger partial charge in [-0.05, 0) is 38.1 Å². The summed E-state index contributed by atoms with van der Waals surface area (Å²) in [7, 11) is 0. The molecular weight excluding hydrogens is 124 g/mol. The Hall–Kier alpha value is -0.550. The summed E-state index contributed by atoms with van der Waals surface area (Å²) in [6.45, 7) is 1.08. The van der Waals surface area contributed by atoms with Gasteiger partial charge in [0.05, 0.1) is 6.07 Å². The molecular formula is C8H12N2. The second-order valence-electron chi connectivity index (χ2n) is 3.52. The van der Waals surface area contributed by atoms with Crippen molar-refractivity contribution in [3.05, 3.63) is 0 Å². The fourth-order valence-electron chi connectivity index (χ4n) is 1.11. The van der Waals surface area contributed by atoms with Crippen molar-refractivity contribution >= 4 is 0 Å². The normalized spacial score (nSPS) is 27.5. The summed E-state index contributed by atoms with van der Waals surface area (Å²) in [4.78, 5) is 0. The first kappa shape index (κ1) is 6.18. The summed E-state index contributed by atoms with van der Waals surface area (Å²) in [5.41, 5.74) is -0.0808. The smallest absolute Gasteiger partial charge is 0.106 e. The average Bonchev–Trinajstić information content (AvgIpc) is 2.83. The molecule has 54 valence electrons. The zero-order valence-corrected chi connectivity index (χ0v) is 6.06. The maximum absolute atomic E-state index is 8.68. The predicted octanol–water partition coefficient (Wildman–Crippen LogP) is 1.04. The fraction of sp³-hybridized carbons (Fsp3) is 0.875. The van der Waals surface area contributed by atoms with Gasteiger partial charge in [0.1, 0.15) is 5.54 Å². The fourth-order valence-corrected chi connectivity index (χ4v) is 1.11. The highest BCUT2D eigenvalue weighted by Gasteiger charge is 2.43. The second kappa shape index (κ2) is 1.96. The molecule has 2 nitrogen and oxygen atoms in total. The SMILES string of the molecule is N#CC1(NCC2CC2)CC1. The molecule has 2 saturated carbocycles. The third kappa shape index (κ3) is 1.15. The van der Waals surface area contributed by atoms with E-state index in [0.29, 0.717) is 0 Å². The van der Waals surface area contributed by atoms with Crippen LogP contribution < -0.4 is 5.32 Å². The Labute approximate surface area is 61.2 Å². The van der Waals surface area contributed by atoms with E-state index in [0.717, 1.165) is 25.3 Å². The molecule has 0 saturated heterocycles. The molecule has 1 N–H and O–H groups in total. The van der Waals surface area contributed by atoms with Crippen molar-refractivity contribution in [1.82, 2.24) is 5.32 Å². The molecule has 0 bridgehead atoms. The first-order valence-corrected chi connectivity index (χ1v) is 4.01. The van der Waals surface area contributed by atoms with Crippen LogP contribution in [0.2, 0.25) is 0 Å². The molecule has 10 heavy (non-hydrogen) atoms. The summed E-state index contributed by atoms with van der Waals surface area (Å²) in [5.74, 6) is 0.894. The van der Waals surface area contributed by atoms with Crippen LogP contribution in [0.3, 0.4) is 0 Å². The van der Waals surface area contributed by atoms with Crippen molar-refractivity contribution in [2.45, 2.75) is 31.2 Å². The molecule has 0 amide bonds. The van der Waals surface area contributed by atoms with Gasteiger partial charge in [-0.25, -0.2) is 0 Å². The summed E-state index contributed by atoms with van der Waals surface area (Å²) in [6.07, 6.45) is 4.87.